The number of benzene rings is 1. The fourth-order valence-corrected chi connectivity index (χ4v) is 3.16. The highest BCUT2D eigenvalue weighted by Gasteiger charge is 2.24. The summed E-state index contributed by atoms with van der Waals surface area (Å²) in [6.07, 6.45) is 1.56. The van der Waals surface area contributed by atoms with Crippen LogP contribution in [0.5, 0.6) is 0 Å². The first-order valence-electron chi connectivity index (χ1n) is 8.87. The zero-order valence-corrected chi connectivity index (χ0v) is 18.1. The number of nitrogens with zero attached hydrogens (tertiary/aromatic N) is 7. The van der Waals surface area contributed by atoms with Gasteiger partial charge in [-0.2, -0.15) is 9.78 Å². The van der Waals surface area contributed by atoms with Crippen molar-refractivity contribution in [2.75, 3.05) is 18.8 Å². The van der Waals surface area contributed by atoms with Crippen molar-refractivity contribution in [3.63, 3.8) is 0 Å². The maximum atomic E-state index is 12.7. The van der Waals surface area contributed by atoms with Gasteiger partial charge in [0.05, 0.1) is 11.9 Å². The highest BCUT2D eigenvalue weighted by atomic mass is 127. The van der Waals surface area contributed by atoms with Crippen LogP contribution >= 0.6 is 22.6 Å². The summed E-state index contributed by atoms with van der Waals surface area (Å²) in [4.78, 5) is 14.8. The van der Waals surface area contributed by atoms with E-state index < -0.39 is 5.91 Å². The predicted octanol–water partition coefficient (Wildman–Crippen LogP) is 1.44. The van der Waals surface area contributed by atoms with E-state index in [1.165, 1.54) is 4.68 Å². The van der Waals surface area contributed by atoms with E-state index in [2.05, 4.69) is 63.3 Å². The third-order valence-corrected chi connectivity index (χ3v) is 4.84. The monoisotopic (exact) mass is 509 g/mol. The summed E-state index contributed by atoms with van der Waals surface area (Å²) in [7, 11) is 0. The minimum absolute atomic E-state index is 0.0550. The topological polar surface area (TPSA) is 140 Å². The molecule has 0 fully saturated rings. The number of nitrogen functional groups attached to an aromatic ring is 1. The standard InChI is InChI=1S/C17H20IN9O2/c1-3-26(4-2)10-13-14(21-25-27(13)16-15(19)23-29-24-16)17(28)22-20-9-11-6-5-7-12(18)8-11/h5-9H,3-4,10H2,1-2H3,(H2,19,23)(H,22,28). The lowest BCUT2D eigenvalue weighted by Crippen LogP contribution is -2.27. The Morgan fingerprint density at radius 3 is 2.83 bits per heavy atom. The van der Waals surface area contributed by atoms with E-state index in [0.29, 0.717) is 12.2 Å². The van der Waals surface area contributed by atoms with Crippen LogP contribution in [-0.4, -0.2) is 55.4 Å². The van der Waals surface area contributed by atoms with E-state index in [-0.39, 0.29) is 17.3 Å². The van der Waals surface area contributed by atoms with Gasteiger partial charge in [0.25, 0.3) is 5.91 Å². The van der Waals surface area contributed by atoms with Crippen molar-refractivity contribution in [3.05, 3.63) is 44.8 Å². The lowest BCUT2D eigenvalue weighted by molar-refractivity contribution is 0.0948. The fraction of sp³-hybridized carbons (Fsp3) is 0.294. The number of carbonyl (C=O) groups excluding carboxylic acids is 1. The largest absolute Gasteiger partial charge is 0.378 e. The molecule has 2 heterocycles. The molecule has 152 valence electrons. The van der Waals surface area contributed by atoms with E-state index in [4.69, 9.17) is 5.73 Å². The van der Waals surface area contributed by atoms with Crippen molar-refractivity contribution in [1.29, 1.82) is 0 Å². The molecule has 29 heavy (non-hydrogen) atoms. The van der Waals surface area contributed by atoms with Gasteiger partial charge in [0.1, 0.15) is 0 Å². The van der Waals surface area contributed by atoms with Gasteiger partial charge >= 0.3 is 0 Å². The molecule has 2 aromatic heterocycles. The average Bonchev–Trinajstić information content (AvgIpc) is 3.31. The molecule has 3 N–H and O–H groups in total. The molecule has 0 saturated carbocycles. The van der Waals surface area contributed by atoms with Crippen molar-refractivity contribution in [2.24, 2.45) is 5.10 Å². The van der Waals surface area contributed by atoms with Gasteiger partial charge in [-0.3, -0.25) is 9.69 Å². The molecule has 0 aliphatic heterocycles. The minimum Gasteiger partial charge on any atom is -0.378 e. The molecule has 11 nitrogen and oxygen atoms in total. The van der Waals surface area contributed by atoms with Gasteiger partial charge in [0, 0.05) is 10.1 Å². The van der Waals surface area contributed by atoms with Crippen LogP contribution in [0.4, 0.5) is 5.82 Å². The molecule has 0 unspecified atom stereocenters. The number of nitrogens with two attached hydrogens (primary N) is 1. The highest BCUT2D eigenvalue weighted by Crippen LogP contribution is 2.17. The van der Waals surface area contributed by atoms with E-state index >= 15 is 0 Å². The summed E-state index contributed by atoms with van der Waals surface area (Å²) in [5, 5.41) is 19.4. The number of rotatable bonds is 8. The van der Waals surface area contributed by atoms with Crippen molar-refractivity contribution in [2.45, 2.75) is 20.4 Å². The van der Waals surface area contributed by atoms with Crippen molar-refractivity contribution >= 4 is 40.5 Å². The van der Waals surface area contributed by atoms with Crippen LogP contribution in [-0.2, 0) is 6.54 Å². The quantitative estimate of drug-likeness (QED) is 0.264. The zero-order chi connectivity index (χ0) is 20.8. The Hall–Kier alpha value is -2.87. The molecule has 0 bridgehead atoms. The van der Waals surface area contributed by atoms with Gasteiger partial charge < -0.3 is 5.73 Å². The molecule has 0 atom stereocenters. The number of nitrogens with one attached hydrogen (secondary N) is 1. The normalized spacial score (nSPS) is 11.4. The maximum Gasteiger partial charge on any atom is 0.293 e. The van der Waals surface area contributed by atoms with Gasteiger partial charge in [-0.1, -0.05) is 31.2 Å². The number of anilines is 1. The SMILES string of the molecule is CCN(CC)Cc1c(C(=O)NN=Cc2cccc(I)c2)nnn1-c1nonc1N. The van der Waals surface area contributed by atoms with Crippen LogP contribution < -0.4 is 11.2 Å². The fourth-order valence-electron chi connectivity index (χ4n) is 2.59. The number of carbonyl (C=O) groups is 1. The first-order valence-corrected chi connectivity index (χ1v) is 9.95. The van der Waals surface area contributed by atoms with E-state index in [9.17, 15) is 4.79 Å². The molecule has 0 radical (unpaired) electrons. The summed E-state index contributed by atoms with van der Waals surface area (Å²) >= 11 is 2.21. The van der Waals surface area contributed by atoms with Gasteiger partial charge in [0.15, 0.2) is 5.69 Å². The zero-order valence-electron chi connectivity index (χ0n) is 15.9. The highest BCUT2D eigenvalue weighted by molar-refractivity contribution is 14.1. The third-order valence-electron chi connectivity index (χ3n) is 4.17. The molecular formula is C17H20IN9O2. The van der Waals surface area contributed by atoms with Crippen LogP contribution in [0.15, 0.2) is 34.0 Å². The van der Waals surface area contributed by atoms with Crippen molar-refractivity contribution in [3.8, 4) is 5.82 Å². The maximum absolute atomic E-state index is 12.7. The van der Waals surface area contributed by atoms with E-state index in [0.717, 1.165) is 22.2 Å². The van der Waals surface area contributed by atoms with Gasteiger partial charge in [-0.15, -0.1) is 5.10 Å². The second-order valence-electron chi connectivity index (χ2n) is 5.99. The molecule has 0 aliphatic carbocycles. The molecule has 3 rings (SSSR count). The van der Waals surface area contributed by atoms with Gasteiger partial charge in [-0.25, -0.2) is 10.1 Å². The number of aromatic nitrogens is 5. The summed E-state index contributed by atoms with van der Waals surface area (Å²) < 4.78 is 7.09. The Morgan fingerprint density at radius 2 is 2.17 bits per heavy atom. The third kappa shape index (κ3) is 4.95. The Morgan fingerprint density at radius 1 is 1.38 bits per heavy atom. The molecular weight excluding hydrogens is 489 g/mol. The molecule has 0 spiro atoms. The van der Waals surface area contributed by atoms with Crippen LogP contribution in [0.25, 0.3) is 5.82 Å². The molecule has 1 amide bonds. The number of hydrazone groups is 1. The molecule has 0 saturated heterocycles. The second-order valence-corrected chi connectivity index (χ2v) is 7.23. The summed E-state index contributed by atoms with van der Waals surface area (Å²) in [5.74, 6) is -0.254. The first-order chi connectivity index (χ1) is 14.0. The number of hydrogen-bond acceptors (Lipinski definition) is 9. The van der Waals surface area contributed by atoms with E-state index in [1.807, 2.05) is 38.1 Å². The Kier molecular flexibility index (Phi) is 6.87. The number of halogens is 1. The van der Waals surface area contributed by atoms with Crippen LogP contribution in [0.2, 0.25) is 0 Å². The molecule has 3 aromatic rings. The molecule has 0 aliphatic rings. The Bertz CT molecular complexity index is 1010. The van der Waals surface area contributed by atoms with Crippen LogP contribution in [0.3, 0.4) is 0 Å². The van der Waals surface area contributed by atoms with Crippen molar-refractivity contribution < 1.29 is 9.42 Å². The lowest BCUT2D eigenvalue weighted by atomic mass is 10.2. The number of hydrogen-bond donors (Lipinski definition) is 2. The first kappa shape index (κ1) is 20.9. The predicted molar refractivity (Wildman–Crippen MR) is 114 cm³/mol. The Balaban J connectivity index is 1.86. The molecule has 1 aromatic carbocycles. The summed E-state index contributed by atoms with van der Waals surface area (Å²) in [6, 6.07) is 7.71. The average molecular weight is 509 g/mol. The summed E-state index contributed by atoms with van der Waals surface area (Å²) in [6.45, 7) is 6.01. The van der Waals surface area contributed by atoms with Gasteiger partial charge in [-0.05, 0) is 63.7 Å². The molecule has 12 heteroatoms. The van der Waals surface area contributed by atoms with Crippen molar-refractivity contribution in [1.82, 2.24) is 35.6 Å². The lowest BCUT2D eigenvalue weighted by Gasteiger charge is -2.18. The number of amides is 1. The Labute approximate surface area is 180 Å². The smallest absolute Gasteiger partial charge is 0.293 e. The minimum atomic E-state index is -0.490. The van der Waals surface area contributed by atoms with Gasteiger partial charge in [0.2, 0.25) is 11.6 Å². The summed E-state index contributed by atoms with van der Waals surface area (Å²) in [5.41, 5.74) is 9.78. The second kappa shape index (κ2) is 9.56. The van der Waals surface area contributed by atoms with Crippen LogP contribution in [0, 0.1) is 3.57 Å². The van der Waals surface area contributed by atoms with Crippen LogP contribution in [0.1, 0.15) is 35.6 Å². The van der Waals surface area contributed by atoms with E-state index in [1.54, 1.807) is 6.21 Å².